The summed E-state index contributed by atoms with van der Waals surface area (Å²) in [5.41, 5.74) is 1.40. The van der Waals surface area contributed by atoms with Crippen molar-refractivity contribution in [3.8, 4) is 17.2 Å². The molecule has 0 bridgehead atoms. The number of ether oxygens (including phenoxy) is 3. The summed E-state index contributed by atoms with van der Waals surface area (Å²) in [6, 6.07) is 12.7. The molecule has 2 aromatic rings. The van der Waals surface area contributed by atoms with Crippen molar-refractivity contribution in [2.24, 2.45) is 0 Å². The van der Waals surface area contributed by atoms with Crippen LogP contribution >= 0.6 is 24.0 Å². The number of amides is 1. The maximum absolute atomic E-state index is 13.0. The number of hydrogen-bond donors (Lipinski definition) is 0. The molecule has 2 aromatic carbocycles. The fourth-order valence-electron chi connectivity index (χ4n) is 2.57. The molecule has 1 saturated heterocycles. The lowest BCUT2D eigenvalue weighted by molar-refractivity contribution is -0.113. The minimum Gasteiger partial charge on any atom is -0.497 e. The molecule has 0 atom stereocenters. The summed E-state index contributed by atoms with van der Waals surface area (Å²) in [5.74, 6) is 1.65. The van der Waals surface area contributed by atoms with E-state index >= 15 is 0 Å². The summed E-state index contributed by atoms with van der Waals surface area (Å²) in [5, 5.41) is 0. The molecule has 1 amide bonds. The van der Waals surface area contributed by atoms with E-state index in [1.807, 2.05) is 24.3 Å². The number of benzene rings is 2. The van der Waals surface area contributed by atoms with Gasteiger partial charge in [0.15, 0.2) is 4.32 Å². The van der Waals surface area contributed by atoms with Crippen LogP contribution < -0.4 is 19.1 Å². The number of carbonyl (C=O) groups excluding carboxylic acids is 1. The highest BCUT2D eigenvalue weighted by Gasteiger charge is 2.35. The third-order valence-electron chi connectivity index (χ3n) is 3.85. The molecular weight excluding hydrogens is 370 g/mol. The topological polar surface area (TPSA) is 48.0 Å². The molecule has 0 aliphatic carbocycles. The van der Waals surface area contributed by atoms with Gasteiger partial charge >= 0.3 is 0 Å². The molecule has 0 aromatic heterocycles. The second kappa shape index (κ2) is 7.80. The Morgan fingerprint density at radius 1 is 1.00 bits per heavy atom. The van der Waals surface area contributed by atoms with Gasteiger partial charge < -0.3 is 14.2 Å². The van der Waals surface area contributed by atoms with Crippen LogP contribution in [0.5, 0.6) is 17.2 Å². The molecule has 7 heteroatoms. The maximum Gasteiger partial charge on any atom is 0.270 e. The van der Waals surface area contributed by atoms with E-state index in [4.69, 9.17) is 26.4 Å². The van der Waals surface area contributed by atoms with Crippen LogP contribution in [0.15, 0.2) is 47.4 Å². The van der Waals surface area contributed by atoms with E-state index in [1.165, 1.54) is 16.7 Å². The largest absolute Gasteiger partial charge is 0.497 e. The number of carbonyl (C=O) groups is 1. The first kappa shape index (κ1) is 18.3. The quantitative estimate of drug-likeness (QED) is 0.568. The van der Waals surface area contributed by atoms with Crippen molar-refractivity contribution >= 4 is 46.0 Å². The number of nitrogens with zero attached hydrogens (tertiary/aromatic N) is 1. The van der Waals surface area contributed by atoms with Crippen molar-refractivity contribution < 1.29 is 19.0 Å². The van der Waals surface area contributed by atoms with Crippen LogP contribution in [-0.4, -0.2) is 31.6 Å². The third-order valence-corrected chi connectivity index (χ3v) is 5.15. The summed E-state index contributed by atoms with van der Waals surface area (Å²) < 4.78 is 16.4. The summed E-state index contributed by atoms with van der Waals surface area (Å²) >= 11 is 6.68. The smallest absolute Gasteiger partial charge is 0.270 e. The van der Waals surface area contributed by atoms with Crippen LogP contribution in [0.3, 0.4) is 0 Å². The maximum atomic E-state index is 13.0. The second-order valence-electron chi connectivity index (χ2n) is 5.30. The number of hydrogen-bond acceptors (Lipinski definition) is 6. The number of anilines is 1. The SMILES string of the molecule is COc1ccc(N2C(=O)/C(=C/c3ccccc3OC)SC2=S)c(OC)c1. The Morgan fingerprint density at radius 3 is 2.42 bits per heavy atom. The normalized spacial score (nSPS) is 15.5. The van der Waals surface area contributed by atoms with E-state index < -0.39 is 0 Å². The van der Waals surface area contributed by atoms with Crippen LogP contribution in [0.2, 0.25) is 0 Å². The van der Waals surface area contributed by atoms with E-state index in [2.05, 4.69) is 0 Å². The Morgan fingerprint density at radius 2 is 1.73 bits per heavy atom. The lowest BCUT2D eigenvalue weighted by Gasteiger charge is -2.18. The third kappa shape index (κ3) is 3.40. The Hall–Kier alpha value is -2.51. The molecule has 5 nitrogen and oxygen atoms in total. The van der Waals surface area contributed by atoms with Gasteiger partial charge in [0, 0.05) is 11.6 Å². The van der Waals surface area contributed by atoms with Gasteiger partial charge in [-0.25, -0.2) is 0 Å². The van der Waals surface area contributed by atoms with Crippen molar-refractivity contribution in [2.45, 2.75) is 0 Å². The first-order valence-corrected chi connectivity index (χ1v) is 8.94. The average Bonchev–Trinajstić information content (AvgIpc) is 2.94. The minimum absolute atomic E-state index is 0.200. The molecule has 0 unspecified atom stereocenters. The van der Waals surface area contributed by atoms with Crippen LogP contribution in [0.1, 0.15) is 5.56 Å². The van der Waals surface area contributed by atoms with Crippen molar-refractivity contribution in [2.75, 3.05) is 26.2 Å². The summed E-state index contributed by atoms with van der Waals surface area (Å²) in [6.07, 6.45) is 1.79. The zero-order chi connectivity index (χ0) is 18.7. The number of rotatable bonds is 5. The van der Waals surface area contributed by atoms with Crippen LogP contribution in [-0.2, 0) is 4.79 Å². The fraction of sp³-hybridized carbons (Fsp3) is 0.158. The van der Waals surface area contributed by atoms with Gasteiger partial charge in [-0.1, -0.05) is 42.2 Å². The highest BCUT2D eigenvalue weighted by molar-refractivity contribution is 8.27. The lowest BCUT2D eigenvalue weighted by atomic mass is 10.2. The Bertz CT molecular complexity index is 895. The van der Waals surface area contributed by atoms with E-state index in [0.717, 1.165) is 5.56 Å². The summed E-state index contributed by atoms with van der Waals surface area (Å²) in [4.78, 5) is 15.0. The number of para-hydroxylation sites is 1. The van der Waals surface area contributed by atoms with Gasteiger partial charge in [-0.15, -0.1) is 0 Å². The number of thioether (sulfide) groups is 1. The standard InChI is InChI=1S/C19H17NO4S2/c1-22-13-8-9-14(16(11-13)24-3)20-18(21)17(26-19(20)25)10-12-6-4-5-7-15(12)23-2/h4-11H,1-3H3/b17-10-. The highest BCUT2D eigenvalue weighted by atomic mass is 32.2. The van der Waals surface area contributed by atoms with Gasteiger partial charge in [0.25, 0.3) is 5.91 Å². The van der Waals surface area contributed by atoms with Crippen molar-refractivity contribution in [3.05, 3.63) is 52.9 Å². The van der Waals surface area contributed by atoms with Crippen molar-refractivity contribution in [1.29, 1.82) is 0 Å². The Kier molecular flexibility index (Phi) is 5.49. The van der Waals surface area contributed by atoms with Gasteiger partial charge in [-0.3, -0.25) is 9.69 Å². The molecule has 1 heterocycles. The van der Waals surface area contributed by atoms with Gasteiger partial charge in [0.2, 0.25) is 0 Å². The molecule has 134 valence electrons. The zero-order valence-electron chi connectivity index (χ0n) is 14.5. The monoisotopic (exact) mass is 387 g/mol. The van der Waals surface area contributed by atoms with Crippen LogP contribution in [0.25, 0.3) is 6.08 Å². The molecule has 0 N–H and O–H groups in total. The molecular formula is C19H17NO4S2. The predicted octanol–water partition coefficient (Wildman–Crippen LogP) is 4.12. The summed E-state index contributed by atoms with van der Waals surface area (Å²) in [7, 11) is 4.71. The number of methoxy groups -OCH3 is 3. The van der Waals surface area contributed by atoms with E-state index in [-0.39, 0.29) is 5.91 Å². The van der Waals surface area contributed by atoms with Crippen LogP contribution in [0.4, 0.5) is 5.69 Å². The van der Waals surface area contributed by atoms with Crippen molar-refractivity contribution in [1.82, 2.24) is 0 Å². The highest BCUT2D eigenvalue weighted by Crippen LogP contribution is 2.41. The Labute approximate surface area is 161 Å². The molecule has 0 radical (unpaired) electrons. The van der Waals surface area contributed by atoms with Crippen molar-refractivity contribution in [3.63, 3.8) is 0 Å². The van der Waals surface area contributed by atoms with Gasteiger partial charge in [0.05, 0.1) is 31.9 Å². The van der Waals surface area contributed by atoms with Crippen LogP contribution in [0, 0.1) is 0 Å². The second-order valence-corrected chi connectivity index (χ2v) is 6.97. The van der Waals surface area contributed by atoms with Gasteiger partial charge in [-0.05, 0) is 24.3 Å². The first-order valence-electron chi connectivity index (χ1n) is 7.72. The molecule has 0 spiro atoms. The molecule has 26 heavy (non-hydrogen) atoms. The lowest BCUT2D eigenvalue weighted by Crippen LogP contribution is -2.27. The van der Waals surface area contributed by atoms with E-state index in [1.54, 1.807) is 45.6 Å². The molecule has 0 saturated carbocycles. The average molecular weight is 387 g/mol. The fourth-order valence-corrected chi connectivity index (χ4v) is 3.85. The number of thiocarbonyl (C=S) groups is 1. The minimum atomic E-state index is -0.200. The van der Waals surface area contributed by atoms with E-state index in [0.29, 0.717) is 32.2 Å². The molecule has 3 rings (SSSR count). The molecule has 1 fully saturated rings. The Balaban J connectivity index is 1.99. The predicted molar refractivity (Wildman–Crippen MR) is 108 cm³/mol. The first-order chi connectivity index (χ1) is 12.6. The van der Waals surface area contributed by atoms with E-state index in [9.17, 15) is 4.79 Å². The molecule has 1 aliphatic heterocycles. The van der Waals surface area contributed by atoms with Gasteiger partial charge in [-0.2, -0.15) is 0 Å². The summed E-state index contributed by atoms with van der Waals surface area (Å²) in [6.45, 7) is 0. The molecule has 1 aliphatic rings. The van der Waals surface area contributed by atoms with Gasteiger partial charge in [0.1, 0.15) is 17.2 Å². The zero-order valence-corrected chi connectivity index (χ0v) is 16.1.